The van der Waals surface area contributed by atoms with Crippen LogP contribution in [0.25, 0.3) is 0 Å². The SMILES string of the molecule is C[C@H](O)CNCC1CCN(C2CC2)C1. The lowest BCUT2D eigenvalue weighted by Gasteiger charge is -2.15. The van der Waals surface area contributed by atoms with Gasteiger partial charge in [-0.3, -0.25) is 0 Å². The van der Waals surface area contributed by atoms with Gasteiger partial charge in [0.25, 0.3) is 0 Å². The predicted molar refractivity (Wildman–Crippen MR) is 57.3 cm³/mol. The number of likely N-dealkylation sites (tertiary alicyclic amines) is 1. The minimum absolute atomic E-state index is 0.212. The lowest BCUT2D eigenvalue weighted by Crippen LogP contribution is -2.31. The second-order valence-corrected chi connectivity index (χ2v) is 4.89. The van der Waals surface area contributed by atoms with Crippen molar-refractivity contribution in [2.24, 2.45) is 5.92 Å². The maximum Gasteiger partial charge on any atom is 0.0636 e. The third kappa shape index (κ3) is 2.94. The molecular formula is C11H22N2O. The molecule has 82 valence electrons. The molecule has 2 rings (SSSR count). The van der Waals surface area contributed by atoms with Gasteiger partial charge in [-0.25, -0.2) is 0 Å². The third-order valence-electron chi connectivity index (χ3n) is 3.25. The van der Waals surface area contributed by atoms with Crippen molar-refractivity contribution in [2.45, 2.75) is 38.3 Å². The third-order valence-corrected chi connectivity index (χ3v) is 3.25. The second kappa shape index (κ2) is 4.60. The van der Waals surface area contributed by atoms with Crippen molar-refractivity contribution in [3.8, 4) is 0 Å². The maximum atomic E-state index is 9.10. The average Bonchev–Trinajstić information content (AvgIpc) is 2.87. The number of hydrogen-bond acceptors (Lipinski definition) is 3. The van der Waals surface area contributed by atoms with Gasteiger partial charge >= 0.3 is 0 Å². The molecular weight excluding hydrogens is 176 g/mol. The van der Waals surface area contributed by atoms with Gasteiger partial charge in [0.05, 0.1) is 6.10 Å². The van der Waals surface area contributed by atoms with Crippen LogP contribution >= 0.6 is 0 Å². The fourth-order valence-corrected chi connectivity index (χ4v) is 2.30. The summed E-state index contributed by atoms with van der Waals surface area (Å²) in [6.45, 7) is 6.22. The van der Waals surface area contributed by atoms with Crippen LogP contribution in [0.4, 0.5) is 0 Å². The number of nitrogens with zero attached hydrogens (tertiary/aromatic N) is 1. The molecule has 2 N–H and O–H groups in total. The molecule has 14 heavy (non-hydrogen) atoms. The highest BCUT2D eigenvalue weighted by molar-refractivity contribution is 4.89. The van der Waals surface area contributed by atoms with Crippen molar-refractivity contribution >= 4 is 0 Å². The Labute approximate surface area is 86.5 Å². The number of rotatable bonds is 5. The van der Waals surface area contributed by atoms with E-state index >= 15 is 0 Å². The molecule has 0 aromatic heterocycles. The first-order valence-corrected chi connectivity index (χ1v) is 5.88. The number of hydrogen-bond donors (Lipinski definition) is 2. The molecule has 1 heterocycles. The molecule has 1 aliphatic heterocycles. The fourth-order valence-electron chi connectivity index (χ4n) is 2.30. The quantitative estimate of drug-likeness (QED) is 0.673. The lowest BCUT2D eigenvalue weighted by molar-refractivity contribution is 0.189. The van der Waals surface area contributed by atoms with E-state index in [1.165, 1.54) is 32.4 Å². The molecule has 0 aromatic rings. The molecule has 1 unspecified atom stereocenters. The van der Waals surface area contributed by atoms with Crippen LogP contribution in [0.5, 0.6) is 0 Å². The zero-order valence-electron chi connectivity index (χ0n) is 9.08. The molecule has 0 amide bonds. The van der Waals surface area contributed by atoms with Gasteiger partial charge in [-0.2, -0.15) is 0 Å². The van der Waals surface area contributed by atoms with E-state index in [1.807, 2.05) is 6.92 Å². The first kappa shape index (κ1) is 10.4. The lowest BCUT2D eigenvalue weighted by atomic mass is 10.1. The largest absolute Gasteiger partial charge is 0.392 e. The summed E-state index contributed by atoms with van der Waals surface area (Å²) in [6.07, 6.45) is 3.97. The summed E-state index contributed by atoms with van der Waals surface area (Å²) in [4.78, 5) is 2.63. The molecule has 0 radical (unpaired) electrons. The summed E-state index contributed by atoms with van der Waals surface area (Å²) in [5, 5.41) is 12.4. The average molecular weight is 198 g/mol. The first-order valence-electron chi connectivity index (χ1n) is 5.88. The molecule has 0 spiro atoms. The molecule has 1 saturated carbocycles. The van der Waals surface area contributed by atoms with Gasteiger partial charge in [-0.05, 0) is 45.2 Å². The number of aliphatic hydroxyl groups is 1. The van der Waals surface area contributed by atoms with E-state index in [1.54, 1.807) is 0 Å². The van der Waals surface area contributed by atoms with E-state index in [-0.39, 0.29) is 6.10 Å². The molecule has 2 fully saturated rings. The van der Waals surface area contributed by atoms with Crippen LogP contribution in [0.2, 0.25) is 0 Å². The minimum Gasteiger partial charge on any atom is -0.392 e. The minimum atomic E-state index is -0.212. The number of aliphatic hydroxyl groups excluding tert-OH is 1. The second-order valence-electron chi connectivity index (χ2n) is 4.89. The van der Waals surface area contributed by atoms with E-state index in [2.05, 4.69) is 10.2 Å². The van der Waals surface area contributed by atoms with Crippen molar-refractivity contribution in [3.63, 3.8) is 0 Å². The Morgan fingerprint density at radius 2 is 2.21 bits per heavy atom. The van der Waals surface area contributed by atoms with Crippen LogP contribution in [0.15, 0.2) is 0 Å². The molecule has 0 bridgehead atoms. The van der Waals surface area contributed by atoms with Crippen molar-refractivity contribution in [3.05, 3.63) is 0 Å². The molecule has 1 aliphatic carbocycles. The summed E-state index contributed by atoms with van der Waals surface area (Å²) in [5.41, 5.74) is 0. The highest BCUT2D eigenvalue weighted by atomic mass is 16.3. The summed E-state index contributed by atoms with van der Waals surface area (Å²) >= 11 is 0. The highest BCUT2D eigenvalue weighted by Crippen LogP contribution is 2.31. The predicted octanol–water partition coefficient (Wildman–Crippen LogP) is 0.441. The van der Waals surface area contributed by atoms with Gasteiger partial charge < -0.3 is 15.3 Å². The summed E-state index contributed by atoms with van der Waals surface area (Å²) < 4.78 is 0. The maximum absolute atomic E-state index is 9.10. The van der Waals surface area contributed by atoms with E-state index < -0.39 is 0 Å². The van der Waals surface area contributed by atoms with Crippen molar-refractivity contribution in [1.82, 2.24) is 10.2 Å². The summed E-state index contributed by atoms with van der Waals surface area (Å²) in [7, 11) is 0. The zero-order chi connectivity index (χ0) is 9.97. The zero-order valence-corrected chi connectivity index (χ0v) is 9.08. The van der Waals surface area contributed by atoms with E-state index in [4.69, 9.17) is 5.11 Å². The van der Waals surface area contributed by atoms with Gasteiger partial charge in [0.1, 0.15) is 0 Å². The Kier molecular flexibility index (Phi) is 3.42. The van der Waals surface area contributed by atoms with Crippen LogP contribution in [-0.4, -0.2) is 48.3 Å². The molecule has 2 atom stereocenters. The van der Waals surface area contributed by atoms with E-state index in [0.29, 0.717) is 0 Å². The van der Waals surface area contributed by atoms with E-state index in [0.717, 1.165) is 25.0 Å². The Morgan fingerprint density at radius 1 is 1.43 bits per heavy atom. The van der Waals surface area contributed by atoms with Crippen LogP contribution < -0.4 is 5.32 Å². The highest BCUT2D eigenvalue weighted by Gasteiger charge is 2.33. The van der Waals surface area contributed by atoms with Crippen LogP contribution in [0.1, 0.15) is 26.2 Å². The molecule has 1 saturated heterocycles. The Bertz CT molecular complexity index is 180. The van der Waals surface area contributed by atoms with Gasteiger partial charge in [0.2, 0.25) is 0 Å². The monoisotopic (exact) mass is 198 g/mol. The van der Waals surface area contributed by atoms with Crippen LogP contribution in [0.3, 0.4) is 0 Å². The van der Waals surface area contributed by atoms with E-state index in [9.17, 15) is 0 Å². The Hall–Kier alpha value is -0.120. The smallest absolute Gasteiger partial charge is 0.0636 e. The Balaban J connectivity index is 1.58. The van der Waals surface area contributed by atoms with Gasteiger partial charge in [0.15, 0.2) is 0 Å². The van der Waals surface area contributed by atoms with Crippen molar-refractivity contribution < 1.29 is 5.11 Å². The topological polar surface area (TPSA) is 35.5 Å². The standard InChI is InChI=1S/C11H22N2O/c1-9(14)6-12-7-10-4-5-13(8-10)11-2-3-11/h9-12,14H,2-8H2,1H3/t9-,10?/m0/s1. The molecule has 0 aromatic carbocycles. The first-order chi connectivity index (χ1) is 6.75. The fraction of sp³-hybridized carbons (Fsp3) is 1.00. The molecule has 3 heteroatoms. The van der Waals surface area contributed by atoms with Gasteiger partial charge in [-0.15, -0.1) is 0 Å². The van der Waals surface area contributed by atoms with Crippen molar-refractivity contribution in [2.75, 3.05) is 26.2 Å². The summed E-state index contributed by atoms with van der Waals surface area (Å²) in [5.74, 6) is 0.814. The molecule has 2 aliphatic rings. The van der Waals surface area contributed by atoms with Gasteiger partial charge in [-0.1, -0.05) is 0 Å². The van der Waals surface area contributed by atoms with Crippen LogP contribution in [-0.2, 0) is 0 Å². The summed E-state index contributed by atoms with van der Waals surface area (Å²) in [6, 6.07) is 0.928. The Morgan fingerprint density at radius 3 is 2.86 bits per heavy atom. The van der Waals surface area contributed by atoms with Gasteiger partial charge in [0, 0.05) is 19.1 Å². The normalized spacial score (nSPS) is 30.9. The molecule has 3 nitrogen and oxygen atoms in total. The van der Waals surface area contributed by atoms with Crippen LogP contribution in [0, 0.1) is 5.92 Å². The van der Waals surface area contributed by atoms with Crippen molar-refractivity contribution in [1.29, 1.82) is 0 Å². The number of nitrogens with one attached hydrogen (secondary N) is 1.